The van der Waals surface area contributed by atoms with Crippen LogP contribution in [0.5, 0.6) is 5.88 Å². The highest BCUT2D eigenvalue weighted by atomic mass is 19.3. The van der Waals surface area contributed by atoms with Gasteiger partial charge in [0.25, 0.3) is 12.3 Å². The topological polar surface area (TPSA) is 65.2 Å². The van der Waals surface area contributed by atoms with Crippen molar-refractivity contribution in [1.29, 1.82) is 0 Å². The van der Waals surface area contributed by atoms with Crippen molar-refractivity contribution >= 4 is 5.91 Å². The fourth-order valence-electron chi connectivity index (χ4n) is 3.09. The van der Waals surface area contributed by atoms with E-state index >= 15 is 0 Å². The first kappa shape index (κ1) is 18.2. The van der Waals surface area contributed by atoms with Crippen LogP contribution in [0.1, 0.15) is 35.8 Å². The van der Waals surface area contributed by atoms with Gasteiger partial charge in [-0.25, -0.2) is 22.5 Å². The van der Waals surface area contributed by atoms with Crippen molar-refractivity contribution < 1.29 is 27.1 Å². The fourth-order valence-corrected chi connectivity index (χ4v) is 3.09. The predicted molar refractivity (Wildman–Crippen MR) is 86.1 cm³/mol. The zero-order valence-corrected chi connectivity index (χ0v) is 13.9. The number of nitrogens with two attached hydrogens (primary N) is 1. The lowest BCUT2D eigenvalue weighted by Crippen LogP contribution is -2.46. The second-order valence-electron chi connectivity index (χ2n) is 6.15. The molecule has 2 N–H and O–H groups in total. The number of rotatable bonds is 4. The molecule has 1 aliphatic rings. The Bertz CT molecular complexity index is 873. The van der Waals surface area contributed by atoms with Crippen LogP contribution in [0.4, 0.5) is 17.6 Å². The minimum absolute atomic E-state index is 0.00157. The summed E-state index contributed by atoms with van der Waals surface area (Å²) in [6, 6.07) is 4.24. The third-order valence-electron chi connectivity index (χ3n) is 4.65. The molecule has 1 aromatic carbocycles. The second-order valence-corrected chi connectivity index (χ2v) is 6.15. The second kappa shape index (κ2) is 6.59. The molecule has 0 spiro atoms. The number of benzene rings is 1. The molecule has 138 valence electrons. The van der Waals surface area contributed by atoms with Crippen molar-refractivity contribution in [3.63, 3.8) is 0 Å². The fraction of sp³-hybridized carbons (Fsp3) is 0.333. The van der Waals surface area contributed by atoms with E-state index in [-0.39, 0.29) is 42.0 Å². The molecule has 8 heteroatoms. The Morgan fingerprint density at radius 2 is 2.04 bits per heavy atom. The lowest BCUT2D eigenvalue weighted by Gasteiger charge is -2.37. The smallest absolute Gasteiger partial charge is 0.277 e. The number of pyridine rings is 1. The van der Waals surface area contributed by atoms with E-state index in [1.54, 1.807) is 6.92 Å². The van der Waals surface area contributed by atoms with E-state index in [0.29, 0.717) is 11.6 Å². The van der Waals surface area contributed by atoms with Gasteiger partial charge in [0.15, 0.2) is 5.60 Å². The average Bonchev–Trinajstić information content (AvgIpc) is 2.60. The van der Waals surface area contributed by atoms with Crippen molar-refractivity contribution in [3.05, 3.63) is 47.2 Å². The quantitative estimate of drug-likeness (QED) is 0.834. The highest BCUT2D eigenvalue weighted by molar-refractivity contribution is 5.93. The number of aromatic nitrogens is 1. The summed E-state index contributed by atoms with van der Waals surface area (Å²) in [6.45, 7) is 1.57. The standard InChI is InChI=1S/C18H16F4N2O2/c1-2-18(17(21)22)6-5-11-12(10-4-3-9(19)7-13(10)20)8-14(15(23)25)24-16(11)26-18/h3-4,7-8,17H,2,5-6H2,1H3,(H2,23,25)/t18-/m1/s1. The van der Waals surface area contributed by atoms with Crippen molar-refractivity contribution in [1.82, 2.24) is 4.98 Å². The molecule has 0 fully saturated rings. The van der Waals surface area contributed by atoms with Gasteiger partial charge in [0.2, 0.25) is 5.88 Å². The number of carbonyl (C=O) groups excluding carboxylic acids is 1. The molecule has 0 aliphatic carbocycles. The van der Waals surface area contributed by atoms with Gasteiger partial charge >= 0.3 is 0 Å². The summed E-state index contributed by atoms with van der Waals surface area (Å²) in [4.78, 5) is 15.5. The van der Waals surface area contributed by atoms with Crippen LogP contribution in [0.25, 0.3) is 11.1 Å². The lowest BCUT2D eigenvalue weighted by molar-refractivity contribution is -0.0929. The SMILES string of the molecule is CC[C@]1(C(F)F)CCc2c(-c3ccc(F)cc3F)cc(C(N)=O)nc2O1. The number of hydrogen-bond donors (Lipinski definition) is 1. The van der Waals surface area contributed by atoms with E-state index in [1.165, 1.54) is 12.1 Å². The van der Waals surface area contributed by atoms with Crippen molar-refractivity contribution in [2.45, 2.75) is 38.2 Å². The molecular formula is C18H16F4N2O2. The number of alkyl halides is 2. The summed E-state index contributed by atoms with van der Waals surface area (Å²) >= 11 is 0. The number of halogens is 4. The molecule has 0 bridgehead atoms. The molecule has 3 rings (SSSR count). The van der Waals surface area contributed by atoms with Gasteiger partial charge in [-0.3, -0.25) is 4.79 Å². The Balaban J connectivity index is 2.20. The van der Waals surface area contributed by atoms with E-state index in [4.69, 9.17) is 10.5 Å². The Morgan fingerprint density at radius 3 is 2.62 bits per heavy atom. The predicted octanol–water partition coefficient (Wildman–Crippen LogP) is 3.86. The van der Waals surface area contributed by atoms with Gasteiger partial charge in [-0.15, -0.1) is 0 Å². The molecule has 1 aliphatic heterocycles. The maximum atomic E-state index is 14.2. The average molecular weight is 368 g/mol. The number of amides is 1. The highest BCUT2D eigenvalue weighted by Crippen LogP contribution is 2.42. The highest BCUT2D eigenvalue weighted by Gasteiger charge is 2.45. The number of primary amides is 1. The van der Waals surface area contributed by atoms with Crippen LogP contribution >= 0.6 is 0 Å². The van der Waals surface area contributed by atoms with Crippen LogP contribution in [0.3, 0.4) is 0 Å². The molecule has 1 amide bonds. The third kappa shape index (κ3) is 3.00. The summed E-state index contributed by atoms with van der Waals surface area (Å²) in [7, 11) is 0. The molecule has 1 aromatic heterocycles. The monoisotopic (exact) mass is 368 g/mol. The van der Waals surface area contributed by atoms with Crippen LogP contribution in [0.2, 0.25) is 0 Å². The van der Waals surface area contributed by atoms with E-state index in [0.717, 1.165) is 6.07 Å². The molecular weight excluding hydrogens is 352 g/mol. The Labute approximate surface area is 147 Å². The van der Waals surface area contributed by atoms with Crippen LogP contribution in [0, 0.1) is 11.6 Å². The summed E-state index contributed by atoms with van der Waals surface area (Å²) in [5.74, 6) is -2.70. The summed E-state index contributed by atoms with van der Waals surface area (Å²) in [6.07, 6.45) is -2.58. The number of fused-ring (bicyclic) bond motifs is 1. The Morgan fingerprint density at radius 1 is 1.31 bits per heavy atom. The van der Waals surface area contributed by atoms with Gasteiger partial charge in [0, 0.05) is 17.2 Å². The molecule has 1 atom stereocenters. The van der Waals surface area contributed by atoms with E-state index in [9.17, 15) is 22.4 Å². The number of ether oxygens (including phenoxy) is 1. The third-order valence-corrected chi connectivity index (χ3v) is 4.65. The largest absolute Gasteiger partial charge is 0.465 e. The first-order valence-electron chi connectivity index (χ1n) is 8.03. The van der Waals surface area contributed by atoms with Gasteiger partial charge in [-0.05, 0) is 43.0 Å². The van der Waals surface area contributed by atoms with E-state index in [1.807, 2.05) is 0 Å². The summed E-state index contributed by atoms with van der Waals surface area (Å²) in [5.41, 5.74) is 3.90. The molecule has 4 nitrogen and oxygen atoms in total. The number of nitrogens with zero attached hydrogens (tertiary/aromatic N) is 1. The van der Waals surface area contributed by atoms with Crippen LogP contribution in [0.15, 0.2) is 24.3 Å². The molecule has 0 saturated carbocycles. The van der Waals surface area contributed by atoms with E-state index in [2.05, 4.69) is 4.98 Å². The number of carbonyl (C=O) groups is 1. The van der Waals surface area contributed by atoms with Crippen LogP contribution < -0.4 is 10.5 Å². The molecule has 0 unspecified atom stereocenters. The van der Waals surface area contributed by atoms with Gasteiger partial charge in [-0.2, -0.15) is 0 Å². The molecule has 0 saturated heterocycles. The normalized spacial score (nSPS) is 19.2. The van der Waals surface area contributed by atoms with Gasteiger partial charge in [0.1, 0.15) is 17.3 Å². The van der Waals surface area contributed by atoms with Crippen molar-refractivity contribution in [2.24, 2.45) is 5.73 Å². The zero-order valence-electron chi connectivity index (χ0n) is 13.9. The van der Waals surface area contributed by atoms with Crippen LogP contribution in [-0.2, 0) is 6.42 Å². The lowest BCUT2D eigenvalue weighted by atomic mass is 9.87. The first-order valence-corrected chi connectivity index (χ1v) is 8.03. The Hall–Kier alpha value is -2.64. The van der Waals surface area contributed by atoms with Crippen molar-refractivity contribution in [3.8, 4) is 17.0 Å². The summed E-state index contributed by atoms with van der Waals surface area (Å²) in [5, 5.41) is 0. The van der Waals surface area contributed by atoms with E-state index < -0.39 is 29.6 Å². The number of hydrogen-bond acceptors (Lipinski definition) is 3. The van der Waals surface area contributed by atoms with Gasteiger partial charge < -0.3 is 10.5 Å². The zero-order chi connectivity index (χ0) is 19.1. The Kier molecular flexibility index (Phi) is 4.60. The maximum Gasteiger partial charge on any atom is 0.277 e. The molecule has 0 radical (unpaired) electrons. The van der Waals surface area contributed by atoms with Gasteiger partial charge in [0.05, 0.1) is 0 Å². The molecule has 2 aromatic rings. The maximum absolute atomic E-state index is 14.2. The minimum Gasteiger partial charge on any atom is -0.465 e. The minimum atomic E-state index is -2.76. The molecule has 2 heterocycles. The molecule has 26 heavy (non-hydrogen) atoms. The van der Waals surface area contributed by atoms with Crippen molar-refractivity contribution in [2.75, 3.05) is 0 Å². The summed E-state index contributed by atoms with van der Waals surface area (Å²) < 4.78 is 60.0. The van der Waals surface area contributed by atoms with Crippen LogP contribution in [-0.4, -0.2) is 22.9 Å². The first-order chi connectivity index (χ1) is 12.3. The van der Waals surface area contributed by atoms with Gasteiger partial charge in [-0.1, -0.05) is 6.92 Å².